The predicted octanol–water partition coefficient (Wildman–Crippen LogP) is 3.02. The molecule has 0 N–H and O–H groups in total. The quantitative estimate of drug-likeness (QED) is 0.571. The fourth-order valence-electron chi connectivity index (χ4n) is 3.18. The second-order valence-electron chi connectivity index (χ2n) is 6.15. The number of carbonyl (C=O) groups excluding carboxylic acids is 1. The van der Waals surface area contributed by atoms with Crippen molar-refractivity contribution in [3.05, 3.63) is 96.1 Å². The molecule has 0 aromatic heterocycles. The molecule has 0 saturated heterocycles. The van der Waals surface area contributed by atoms with E-state index in [4.69, 9.17) is 0 Å². The Labute approximate surface area is 165 Å². The second-order valence-corrected chi connectivity index (χ2v) is 10.2. The number of amides is 1. The first-order valence-electron chi connectivity index (χ1n) is 8.49. The van der Waals surface area contributed by atoms with Gasteiger partial charge in [-0.25, -0.2) is 0 Å². The molecular formula is C21H17NO3SSe. The van der Waals surface area contributed by atoms with Crippen molar-refractivity contribution in [2.75, 3.05) is 0 Å². The van der Waals surface area contributed by atoms with E-state index in [1.54, 1.807) is 18.2 Å². The zero-order chi connectivity index (χ0) is 18.9. The Balaban J connectivity index is 1.74. The van der Waals surface area contributed by atoms with Crippen LogP contribution < -0.4 is 4.46 Å². The van der Waals surface area contributed by atoms with Crippen molar-refractivity contribution in [3.63, 3.8) is 0 Å². The van der Waals surface area contributed by atoms with Gasteiger partial charge in [0, 0.05) is 0 Å². The van der Waals surface area contributed by atoms with Gasteiger partial charge in [-0.05, 0) is 0 Å². The van der Waals surface area contributed by atoms with Crippen LogP contribution in [0.25, 0.3) is 0 Å². The third kappa shape index (κ3) is 3.32. The third-order valence-corrected chi connectivity index (χ3v) is 8.61. The summed E-state index contributed by atoms with van der Waals surface area (Å²) in [5, 5.41) is 0.583. The molecule has 136 valence electrons. The molecular weight excluding hydrogens is 425 g/mol. The summed E-state index contributed by atoms with van der Waals surface area (Å²) >= 11 is 0.0341. The normalized spacial score (nSPS) is 16.1. The Morgan fingerprint density at radius 1 is 0.815 bits per heavy atom. The van der Waals surface area contributed by atoms with E-state index in [2.05, 4.69) is 0 Å². The van der Waals surface area contributed by atoms with Gasteiger partial charge >= 0.3 is 165 Å². The molecule has 6 heteroatoms. The summed E-state index contributed by atoms with van der Waals surface area (Å²) in [4.78, 5) is 13.1. The molecule has 0 aliphatic carbocycles. The molecule has 0 unspecified atom stereocenters. The molecule has 0 bridgehead atoms. The first kappa shape index (κ1) is 18.0. The summed E-state index contributed by atoms with van der Waals surface area (Å²) in [5.74, 6) is -0.441. The maximum absolute atomic E-state index is 13.1. The number of benzene rings is 3. The predicted molar refractivity (Wildman–Crippen MR) is 106 cm³/mol. The van der Waals surface area contributed by atoms with Crippen LogP contribution in [0.3, 0.4) is 0 Å². The molecule has 1 atom stereocenters. The van der Waals surface area contributed by atoms with E-state index in [-0.39, 0.29) is 25.4 Å². The van der Waals surface area contributed by atoms with Crippen molar-refractivity contribution in [3.8, 4) is 0 Å². The summed E-state index contributed by atoms with van der Waals surface area (Å²) in [7, 11) is -3.85. The van der Waals surface area contributed by atoms with E-state index in [9.17, 15) is 13.2 Å². The van der Waals surface area contributed by atoms with E-state index in [1.807, 2.05) is 60.7 Å². The number of sulfonamides is 1. The van der Waals surface area contributed by atoms with Crippen LogP contribution in [0.2, 0.25) is 5.32 Å². The average molecular weight is 442 g/mol. The summed E-state index contributed by atoms with van der Waals surface area (Å²) in [5.41, 5.74) is 1.09. The molecule has 1 aliphatic heterocycles. The molecule has 1 heterocycles. The minimum absolute atomic E-state index is 0.0341. The van der Waals surface area contributed by atoms with Gasteiger partial charge < -0.3 is 0 Å². The van der Waals surface area contributed by atoms with E-state index in [1.165, 1.54) is 10.5 Å². The standard InChI is InChI=1S/C21H17NO3SSe/c23-21-18-13-7-8-14-20(18)26(24,25)22(21)19(16-9-3-1-4-10-16)15-27-17-11-5-2-6-12-17/h1-14,19H,15H2/t19-/m0/s1. The molecule has 1 aliphatic rings. The van der Waals surface area contributed by atoms with Gasteiger partial charge in [0.2, 0.25) is 0 Å². The van der Waals surface area contributed by atoms with Crippen molar-refractivity contribution in [1.82, 2.24) is 4.31 Å². The number of carbonyl (C=O) groups is 1. The van der Waals surface area contributed by atoms with E-state index < -0.39 is 22.0 Å². The van der Waals surface area contributed by atoms with Gasteiger partial charge in [0.05, 0.1) is 0 Å². The molecule has 4 rings (SSSR count). The van der Waals surface area contributed by atoms with Crippen LogP contribution in [-0.4, -0.2) is 33.6 Å². The fourth-order valence-corrected chi connectivity index (χ4v) is 7.32. The second kappa shape index (κ2) is 7.31. The maximum atomic E-state index is 13.1. The zero-order valence-corrected chi connectivity index (χ0v) is 16.9. The number of hydrogen-bond acceptors (Lipinski definition) is 3. The number of fused-ring (bicyclic) bond motifs is 1. The number of hydrogen-bond donors (Lipinski definition) is 0. The Morgan fingerprint density at radius 3 is 2.07 bits per heavy atom. The molecule has 0 saturated carbocycles. The van der Waals surface area contributed by atoms with Crippen LogP contribution in [0.4, 0.5) is 0 Å². The first-order chi connectivity index (χ1) is 13.1. The zero-order valence-electron chi connectivity index (χ0n) is 14.4. The molecule has 3 aromatic rings. The van der Waals surface area contributed by atoms with E-state index in [0.29, 0.717) is 5.32 Å². The molecule has 0 fully saturated rings. The Morgan fingerprint density at radius 2 is 1.41 bits per heavy atom. The molecule has 3 aromatic carbocycles. The molecule has 4 nitrogen and oxygen atoms in total. The van der Waals surface area contributed by atoms with Gasteiger partial charge in [-0.1, -0.05) is 0 Å². The molecule has 0 spiro atoms. The van der Waals surface area contributed by atoms with Crippen molar-refractivity contribution < 1.29 is 13.2 Å². The molecule has 1 amide bonds. The topological polar surface area (TPSA) is 54.5 Å². The van der Waals surface area contributed by atoms with Gasteiger partial charge in [0.15, 0.2) is 0 Å². The van der Waals surface area contributed by atoms with Gasteiger partial charge in [-0.3, -0.25) is 0 Å². The third-order valence-electron chi connectivity index (χ3n) is 4.47. The summed E-state index contributed by atoms with van der Waals surface area (Å²) in [6.45, 7) is 0. The summed E-state index contributed by atoms with van der Waals surface area (Å²) in [6, 6.07) is 25.3. The summed E-state index contributed by atoms with van der Waals surface area (Å²) in [6.07, 6.45) is 0. The first-order valence-corrected chi connectivity index (χ1v) is 12.0. The van der Waals surface area contributed by atoms with Crippen LogP contribution in [0.15, 0.2) is 89.8 Å². The van der Waals surface area contributed by atoms with Crippen LogP contribution in [0.1, 0.15) is 22.0 Å². The number of nitrogens with zero attached hydrogens (tertiary/aromatic N) is 1. The summed E-state index contributed by atoms with van der Waals surface area (Å²) < 4.78 is 28.5. The van der Waals surface area contributed by atoms with Gasteiger partial charge in [0.25, 0.3) is 0 Å². The van der Waals surface area contributed by atoms with Gasteiger partial charge in [-0.15, -0.1) is 0 Å². The van der Waals surface area contributed by atoms with Gasteiger partial charge in [-0.2, -0.15) is 0 Å². The Hall–Kier alpha value is -2.40. The number of rotatable bonds is 5. The van der Waals surface area contributed by atoms with Crippen LogP contribution in [-0.2, 0) is 10.0 Å². The van der Waals surface area contributed by atoms with E-state index >= 15 is 0 Å². The average Bonchev–Trinajstić information content (AvgIpc) is 2.91. The minimum atomic E-state index is -3.85. The SMILES string of the molecule is O=C1c2ccccc2S(=O)(=O)N1[C@@H](C[Se]c1ccccc1)c1ccccc1. The van der Waals surface area contributed by atoms with Crippen LogP contribution in [0.5, 0.6) is 0 Å². The molecule has 0 radical (unpaired) electrons. The van der Waals surface area contributed by atoms with Crippen molar-refractivity contribution in [2.45, 2.75) is 16.3 Å². The van der Waals surface area contributed by atoms with Crippen LogP contribution >= 0.6 is 0 Å². The Kier molecular flexibility index (Phi) is 4.87. The van der Waals surface area contributed by atoms with Gasteiger partial charge in [0.1, 0.15) is 0 Å². The van der Waals surface area contributed by atoms with Crippen molar-refractivity contribution in [1.29, 1.82) is 0 Å². The van der Waals surface area contributed by atoms with Crippen molar-refractivity contribution in [2.24, 2.45) is 0 Å². The monoisotopic (exact) mass is 443 g/mol. The fraction of sp³-hybridized carbons (Fsp3) is 0.0952. The Bertz CT molecular complexity index is 1070. The van der Waals surface area contributed by atoms with E-state index in [0.717, 1.165) is 9.87 Å². The molecule has 27 heavy (non-hydrogen) atoms. The van der Waals surface area contributed by atoms with Crippen molar-refractivity contribution >= 4 is 35.3 Å². The van der Waals surface area contributed by atoms with Crippen LogP contribution in [0, 0.1) is 0 Å².